The summed E-state index contributed by atoms with van der Waals surface area (Å²) >= 11 is 0. The molecule has 0 aliphatic heterocycles. The summed E-state index contributed by atoms with van der Waals surface area (Å²) in [4.78, 5) is 12.3. The number of nitrogens with zero attached hydrogens (tertiary/aromatic N) is 1. The highest BCUT2D eigenvalue weighted by atomic mass is 32.2. The van der Waals surface area contributed by atoms with Gasteiger partial charge in [0.05, 0.1) is 17.0 Å². The van der Waals surface area contributed by atoms with Gasteiger partial charge in [-0.25, -0.2) is 12.8 Å². The van der Waals surface area contributed by atoms with Crippen LogP contribution in [-0.4, -0.2) is 21.4 Å². The maximum atomic E-state index is 12.9. The van der Waals surface area contributed by atoms with Gasteiger partial charge in [0.15, 0.2) is 0 Å². The Labute approximate surface area is 163 Å². The molecule has 0 atom stereocenters. The van der Waals surface area contributed by atoms with Crippen LogP contribution >= 0.6 is 0 Å². The molecule has 3 aromatic carbocycles. The third-order valence-corrected chi connectivity index (χ3v) is 5.99. The van der Waals surface area contributed by atoms with Crippen molar-refractivity contribution < 1.29 is 17.6 Å². The molecule has 0 radical (unpaired) electrons. The Morgan fingerprint density at radius 1 is 0.929 bits per heavy atom. The van der Waals surface area contributed by atoms with Crippen LogP contribution in [0.15, 0.2) is 83.8 Å². The molecule has 0 spiro atoms. The molecular formula is C21H19FN2O3S. The molecule has 0 aliphatic rings. The minimum atomic E-state index is -3.65. The van der Waals surface area contributed by atoms with E-state index in [1.165, 1.54) is 35.6 Å². The Morgan fingerprint density at radius 2 is 1.54 bits per heavy atom. The smallest absolute Gasteiger partial charge is 0.264 e. The van der Waals surface area contributed by atoms with E-state index in [1.807, 2.05) is 0 Å². The molecule has 28 heavy (non-hydrogen) atoms. The van der Waals surface area contributed by atoms with Crippen LogP contribution in [0.25, 0.3) is 0 Å². The summed E-state index contributed by atoms with van der Waals surface area (Å²) in [7, 11) is -2.16. The molecule has 0 bridgehead atoms. The predicted molar refractivity (Wildman–Crippen MR) is 107 cm³/mol. The Bertz CT molecular complexity index is 1050. The first-order valence-electron chi connectivity index (χ1n) is 8.54. The van der Waals surface area contributed by atoms with Crippen molar-refractivity contribution in [3.8, 4) is 0 Å². The minimum Gasteiger partial charge on any atom is -0.326 e. The SMILES string of the molecule is CN(c1ccc(CC(=O)Nc2ccc(F)cc2)cc1)S(=O)(=O)c1ccccc1. The molecular weight excluding hydrogens is 379 g/mol. The van der Waals surface area contributed by atoms with Crippen molar-refractivity contribution >= 4 is 27.3 Å². The van der Waals surface area contributed by atoms with E-state index in [4.69, 9.17) is 0 Å². The Morgan fingerprint density at radius 3 is 2.14 bits per heavy atom. The number of halogens is 1. The van der Waals surface area contributed by atoms with E-state index in [9.17, 15) is 17.6 Å². The van der Waals surface area contributed by atoms with Gasteiger partial charge in [-0.15, -0.1) is 0 Å². The zero-order valence-corrected chi connectivity index (χ0v) is 16.0. The van der Waals surface area contributed by atoms with Crippen LogP contribution in [0.3, 0.4) is 0 Å². The molecule has 7 heteroatoms. The molecule has 0 aromatic heterocycles. The van der Waals surface area contributed by atoms with E-state index >= 15 is 0 Å². The molecule has 0 unspecified atom stereocenters. The second-order valence-electron chi connectivity index (χ2n) is 6.18. The van der Waals surface area contributed by atoms with Gasteiger partial charge in [0.25, 0.3) is 10.0 Å². The molecule has 0 heterocycles. The van der Waals surface area contributed by atoms with Gasteiger partial charge in [-0.05, 0) is 54.1 Å². The zero-order valence-electron chi connectivity index (χ0n) is 15.2. The van der Waals surface area contributed by atoms with Crippen LogP contribution < -0.4 is 9.62 Å². The number of hydrogen-bond donors (Lipinski definition) is 1. The highest BCUT2D eigenvalue weighted by Gasteiger charge is 2.20. The third kappa shape index (κ3) is 4.55. The maximum Gasteiger partial charge on any atom is 0.264 e. The second kappa shape index (κ2) is 8.22. The zero-order chi connectivity index (χ0) is 20.1. The number of anilines is 2. The van der Waals surface area contributed by atoms with Gasteiger partial charge in [0, 0.05) is 12.7 Å². The molecule has 3 aromatic rings. The van der Waals surface area contributed by atoms with E-state index in [0.717, 1.165) is 5.56 Å². The van der Waals surface area contributed by atoms with Crippen LogP contribution in [0.4, 0.5) is 15.8 Å². The summed E-state index contributed by atoms with van der Waals surface area (Å²) in [6.45, 7) is 0. The normalized spacial score (nSPS) is 11.1. The Kier molecular flexibility index (Phi) is 5.75. The first-order chi connectivity index (χ1) is 13.4. The third-order valence-electron chi connectivity index (χ3n) is 4.19. The van der Waals surface area contributed by atoms with Crippen LogP contribution in [0, 0.1) is 5.82 Å². The molecule has 0 saturated heterocycles. The summed E-state index contributed by atoms with van der Waals surface area (Å²) in [5.74, 6) is -0.618. The van der Waals surface area contributed by atoms with Crippen LogP contribution in [0.2, 0.25) is 0 Å². The maximum absolute atomic E-state index is 12.9. The Balaban J connectivity index is 1.67. The minimum absolute atomic E-state index is 0.118. The highest BCUT2D eigenvalue weighted by molar-refractivity contribution is 7.92. The summed E-state index contributed by atoms with van der Waals surface area (Å²) in [6.07, 6.45) is 0.118. The van der Waals surface area contributed by atoms with Crippen molar-refractivity contribution in [1.82, 2.24) is 0 Å². The largest absolute Gasteiger partial charge is 0.326 e. The summed E-state index contributed by atoms with van der Waals surface area (Å²) in [5.41, 5.74) is 1.73. The standard InChI is InChI=1S/C21H19FN2O3S/c1-24(28(26,27)20-5-3-2-4-6-20)19-13-7-16(8-14-19)15-21(25)23-18-11-9-17(22)10-12-18/h2-14H,15H2,1H3,(H,23,25). The number of carbonyl (C=O) groups excluding carboxylic acids is 1. The van der Waals surface area contributed by atoms with Crippen molar-refractivity contribution in [2.24, 2.45) is 0 Å². The van der Waals surface area contributed by atoms with Gasteiger partial charge in [-0.3, -0.25) is 9.10 Å². The van der Waals surface area contributed by atoms with Gasteiger partial charge < -0.3 is 5.32 Å². The quantitative estimate of drug-likeness (QED) is 0.686. The number of hydrogen-bond acceptors (Lipinski definition) is 3. The topological polar surface area (TPSA) is 66.5 Å². The molecule has 0 fully saturated rings. The summed E-state index contributed by atoms with van der Waals surface area (Å²) < 4.78 is 39.4. The van der Waals surface area contributed by atoms with E-state index < -0.39 is 10.0 Å². The van der Waals surface area contributed by atoms with Crippen molar-refractivity contribution in [3.63, 3.8) is 0 Å². The van der Waals surface area contributed by atoms with Gasteiger partial charge in [-0.1, -0.05) is 30.3 Å². The van der Waals surface area contributed by atoms with Gasteiger partial charge >= 0.3 is 0 Å². The number of sulfonamides is 1. The molecule has 3 rings (SSSR count). The lowest BCUT2D eigenvalue weighted by molar-refractivity contribution is -0.115. The first kappa shape index (κ1) is 19.6. The van der Waals surface area contributed by atoms with E-state index in [-0.39, 0.29) is 23.0 Å². The lowest BCUT2D eigenvalue weighted by Crippen LogP contribution is -2.26. The van der Waals surface area contributed by atoms with Crippen LogP contribution in [0.1, 0.15) is 5.56 Å². The van der Waals surface area contributed by atoms with Crippen LogP contribution in [-0.2, 0) is 21.2 Å². The predicted octanol–water partition coefficient (Wildman–Crippen LogP) is 3.83. The lowest BCUT2D eigenvalue weighted by atomic mass is 10.1. The molecule has 0 aliphatic carbocycles. The molecule has 0 saturated carbocycles. The number of rotatable bonds is 6. The molecule has 144 valence electrons. The number of benzene rings is 3. The lowest BCUT2D eigenvalue weighted by Gasteiger charge is -2.19. The fraction of sp³-hybridized carbons (Fsp3) is 0.0952. The van der Waals surface area contributed by atoms with Crippen LogP contribution in [0.5, 0.6) is 0 Å². The summed E-state index contributed by atoms with van der Waals surface area (Å²) in [6, 6.07) is 20.4. The van der Waals surface area contributed by atoms with Crippen molar-refractivity contribution in [2.45, 2.75) is 11.3 Å². The van der Waals surface area contributed by atoms with Crippen molar-refractivity contribution in [3.05, 3.63) is 90.2 Å². The average Bonchev–Trinajstić information content (AvgIpc) is 2.70. The average molecular weight is 398 g/mol. The van der Waals surface area contributed by atoms with Gasteiger partial charge in [0.1, 0.15) is 5.82 Å². The van der Waals surface area contributed by atoms with E-state index in [2.05, 4.69) is 5.32 Å². The number of amides is 1. The van der Waals surface area contributed by atoms with Gasteiger partial charge in [-0.2, -0.15) is 0 Å². The fourth-order valence-corrected chi connectivity index (χ4v) is 3.85. The molecule has 1 amide bonds. The number of carbonyl (C=O) groups is 1. The monoisotopic (exact) mass is 398 g/mol. The first-order valence-corrected chi connectivity index (χ1v) is 9.98. The van der Waals surface area contributed by atoms with Gasteiger partial charge in [0.2, 0.25) is 5.91 Å². The fourth-order valence-electron chi connectivity index (χ4n) is 2.64. The summed E-state index contributed by atoms with van der Waals surface area (Å²) in [5, 5.41) is 2.69. The second-order valence-corrected chi connectivity index (χ2v) is 8.15. The van der Waals surface area contributed by atoms with E-state index in [0.29, 0.717) is 11.4 Å². The molecule has 1 N–H and O–H groups in total. The number of nitrogens with one attached hydrogen (secondary N) is 1. The highest BCUT2D eigenvalue weighted by Crippen LogP contribution is 2.22. The van der Waals surface area contributed by atoms with Crippen molar-refractivity contribution in [1.29, 1.82) is 0 Å². The van der Waals surface area contributed by atoms with Crippen molar-refractivity contribution in [2.75, 3.05) is 16.7 Å². The Hall–Kier alpha value is -3.19. The van der Waals surface area contributed by atoms with E-state index in [1.54, 1.807) is 54.6 Å². The molecule has 5 nitrogen and oxygen atoms in total.